The molecule has 4 heterocycles. The Hall–Kier alpha value is -4.78. The number of piperazine rings is 2. The van der Waals surface area contributed by atoms with Crippen LogP contribution in [0.25, 0.3) is 11.3 Å². The molecule has 3 aromatic rings. The number of rotatable bonds is 9. The van der Waals surface area contributed by atoms with E-state index in [1.165, 1.54) is 0 Å². The van der Waals surface area contributed by atoms with Crippen LogP contribution >= 0.6 is 0 Å². The Morgan fingerprint density at radius 3 is 2.42 bits per heavy atom. The van der Waals surface area contributed by atoms with Gasteiger partial charge in [0.1, 0.15) is 30.3 Å². The van der Waals surface area contributed by atoms with Crippen molar-refractivity contribution in [2.24, 2.45) is 0 Å². The molecule has 0 spiro atoms. The number of hydrogen-bond acceptors (Lipinski definition) is 11. The Labute approximate surface area is 281 Å². The van der Waals surface area contributed by atoms with E-state index in [4.69, 9.17) is 15.2 Å². The van der Waals surface area contributed by atoms with Crippen LogP contribution in [0, 0.1) is 0 Å². The smallest absolute Gasteiger partial charge is 0.408 e. The van der Waals surface area contributed by atoms with Crippen molar-refractivity contribution in [1.29, 1.82) is 0 Å². The van der Waals surface area contributed by atoms with E-state index in [1.807, 2.05) is 24.3 Å². The Kier molecular flexibility index (Phi) is 9.76. The van der Waals surface area contributed by atoms with Gasteiger partial charge in [-0.2, -0.15) is 0 Å². The maximum Gasteiger partial charge on any atom is 0.408 e. The average molecular weight is 659 g/mol. The van der Waals surface area contributed by atoms with E-state index in [0.717, 1.165) is 62.7 Å². The third-order valence-electron chi connectivity index (χ3n) is 9.10. The van der Waals surface area contributed by atoms with Gasteiger partial charge in [-0.05, 0) is 63.9 Å². The minimum atomic E-state index is -0.604. The van der Waals surface area contributed by atoms with Crippen LogP contribution in [-0.2, 0) is 9.53 Å². The van der Waals surface area contributed by atoms with Crippen LogP contribution in [0.15, 0.2) is 54.6 Å². The van der Waals surface area contributed by atoms with E-state index in [0.29, 0.717) is 48.9 Å². The molecule has 3 fully saturated rings. The number of aromatic hydroxyl groups is 1. The van der Waals surface area contributed by atoms with Crippen LogP contribution < -0.4 is 25.6 Å². The van der Waals surface area contributed by atoms with Crippen molar-refractivity contribution in [3.8, 4) is 22.8 Å². The third kappa shape index (κ3) is 7.84. The first-order valence-corrected chi connectivity index (χ1v) is 16.7. The van der Waals surface area contributed by atoms with Gasteiger partial charge in [-0.15, -0.1) is 10.2 Å². The molecule has 3 aliphatic rings. The number of anilines is 3. The van der Waals surface area contributed by atoms with Crippen LogP contribution in [-0.4, -0.2) is 114 Å². The molecule has 6 rings (SSSR count). The molecule has 1 aromatic heterocycles. The number of aromatic nitrogens is 2. The summed E-state index contributed by atoms with van der Waals surface area (Å²) in [5, 5.41) is 21.4. The number of carbonyl (C=O) groups is 2. The fourth-order valence-corrected chi connectivity index (χ4v) is 6.81. The number of phenolic OH excluding ortho intramolecular Hbond substituents is 1. The van der Waals surface area contributed by atoms with E-state index in [-0.39, 0.29) is 18.2 Å². The van der Waals surface area contributed by atoms with Crippen molar-refractivity contribution in [1.82, 2.24) is 25.3 Å². The van der Waals surface area contributed by atoms with Crippen LogP contribution in [0.5, 0.6) is 11.5 Å². The summed E-state index contributed by atoms with van der Waals surface area (Å²) >= 11 is 0. The van der Waals surface area contributed by atoms with E-state index >= 15 is 0 Å². The lowest BCUT2D eigenvalue weighted by molar-refractivity contribution is -0.132. The second-order valence-electron chi connectivity index (χ2n) is 13.6. The second-order valence-corrected chi connectivity index (χ2v) is 13.6. The molecule has 0 radical (unpaired) electrons. The maximum absolute atomic E-state index is 12.6. The summed E-state index contributed by atoms with van der Waals surface area (Å²) in [5.41, 5.74) is 8.95. The number of para-hydroxylation sites is 1. The summed E-state index contributed by atoms with van der Waals surface area (Å²) in [6.07, 6.45) is 1.59. The summed E-state index contributed by atoms with van der Waals surface area (Å²) < 4.78 is 11.4. The van der Waals surface area contributed by atoms with E-state index in [9.17, 15) is 14.7 Å². The number of fused-ring (bicyclic) bond motifs is 2. The number of nitrogens with one attached hydrogen (secondary N) is 1. The molecule has 3 saturated heterocycles. The minimum Gasteiger partial charge on any atom is -0.507 e. The molecule has 13 heteroatoms. The van der Waals surface area contributed by atoms with Crippen molar-refractivity contribution < 1.29 is 24.2 Å². The number of alkyl carbamates (subject to hydrolysis) is 1. The van der Waals surface area contributed by atoms with Crippen molar-refractivity contribution >= 4 is 29.2 Å². The number of amides is 2. The SMILES string of the molecule is CC(C)(C)OC(=O)NCC(=O)N1CCN(CCOc2cccc(N3C4CCC3CN(c3cc(-c5ccccc5O)nnc3N)C4)c2)CC1. The number of phenols is 1. The Bertz CT molecular complexity index is 1590. The third-order valence-corrected chi connectivity index (χ3v) is 9.10. The van der Waals surface area contributed by atoms with Gasteiger partial charge in [0.2, 0.25) is 5.91 Å². The highest BCUT2D eigenvalue weighted by atomic mass is 16.6. The Balaban J connectivity index is 0.986. The summed E-state index contributed by atoms with van der Waals surface area (Å²) in [4.78, 5) is 33.3. The summed E-state index contributed by atoms with van der Waals surface area (Å²) in [6, 6.07) is 18.0. The van der Waals surface area contributed by atoms with E-state index < -0.39 is 11.7 Å². The molecular weight excluding hydrogens is 612 g/mol. The highest BCUT2D eigenvalue weighted by Gasteiger charge is 2.41. The Morgan fingerprint density at radius 2 is 1.71 bits per heavy atom. The predicted octanol–water partition coefficient (Wildman–Crippen LogP) is 3.34. The summed E-state index contributed by atoms with van der Waals surface area (Å²) in [7, 11) is 0. The van der Waals surface area contributed by atoms with Crippen molar-refractivity contribution in [2.75, 3.05) is 74.5 Å². The number of benzene rings is 2. The number of nitrogens with two attached hydrogens (primary N) is 1. The van der Waals surface area contributed by atoms with Gasteiger partial charge in [-0.1, -0.05) is 18.2 Å². The van der Waals surface area contributed by atoms with Crippen molar-refractivity contribution in [3.63, 3.8) is 0 Å². The highest BCUT2D eigenvalue weighted by molar-refractivity contribution is 5.82. The first-order chi connectivity index (χ1) is 23.0. The lowest BCUT2D eigenvalue weighted by Gasteiger charge is -2.43. The molecule has 4 N–H and O–H groups in total. The van der Waals surface area contributed by atoms with Gasteiger partial charge in [0.05, 0.1) is 11.4 Å². The van der Waals surface area contributed by atoms with Crippen molar-refractivity contribution in [2.45, 2.75) is 51.3 Å². The Morgan fingerprint density at radius 1 is 0.979 bits per heavy atom. The van der Waals surface area contributed by atoms with Crippen LogP contribution in [0.1, 0.15) is 33.6 Å². The van der Waals surface area contributed by atoms with Gasteiger partial charge in [0.25, 0.3) is 0 Å². The first-order valence-electron chi connectivity index (χ1n) is 16.7. The summed E-state index contributed by atoms with van der Waals surface area (Å²) in [6.45, 7) is 10.9. The number of ether oxygens (including phenoxy) is 2. The normalized spacial score (nSPS) is 19.7. The van der Waals surface area contributed by atoms with Gasteiger partial charge in [0, 0.05) is 75.2 Å². The topological polar surface area (TPSA) is 150 Å². The van der Waals surface area contributed by atoms with Crippen LogP contribution in [0.4, 0.5) is 22.0 Å². The zero-order valence-corrected chi connectivity index (χ0v) is 28.0. The molecule has 13 nitrogen and oxygen atoms in total. The lowest BCUT2D eigenvalue weighted by atomic mass is 10.1. The van der Waals surface area contributed by atoms with Gasteiger partial charge >= 0.3 is 6.09 Å². The van der Waals surface area contributed by atoms with Crippen LogP contribution in [0.3, 0.4) is 0 Å². The first kappa shape index (κ1) is 33.1. The molecular formula is C35H46N8O5. The molecule has 2 atom stereocenters. The predicted molar refractivity (Wildman–Crippen MR) is 184 cm³/mol. The molecule has 0 saturated carbocycles. The largest absolute Gasteiger partial charge is 0.507 e. The molecule has 2 amide bonds. The van der Waals surface area contributed by atoms with E-state index in [1.54, 1.807) is 37.8 Å². The molecule has 2 bridgehead atoms. The second kappa shape index (κ2) is 14.1. The summed E-state index contributed by atoms with van der Waals surface area (Å²) in [5.74, 6) is 1.28. The zero-order valence-electron chi connectivity index (χ0n) is 28.0. The van der Waals surface area contributed by atoms with E-state index in [2.05, 4.69) is 48.4 Å². The minimum absolute atomic E-state index is 0.0687. The highest BCUT2D eigenvalue weighted by Crippen LogP contribution is 2.39. The fraction of sp³-hybridized carbons (Fsp3) is 0.486. The molecule has 48 heavy (non-hydrogen) atoms. The van der Waals surface area contributed by atoms with Gasteiger partial charge in [-0.3, -0.25) is 9.69 Å². The molecule has 0 aliphatic carbocycles. The molecule has 256 valence electrons. The monoisotopic (exact) mass is 658 g/mol. The number of carbonyl (C=O) groups excluding carboxylic acids is 2. The van der Waals surface area contributed by atoms with Gasteiger partial charge in [-0.25, -0.2) is 4.79 Å². The standard InChI is InChI=1S/C35H46N8O5/c1-35(2,3)48-34(46)37-21-32(45)41-15-13-40(14-16-41)17-18-47-27-8-6-7-24(19-27)43-25-11-12-26(43)23-42(22-25)30-20-29(38-39-33(30)36)28-9-4-5-10-31(28)44/h4-10,19-20,25-26,44H,11-18,21-23H2,1-3H3,(H2,36,39)(H,37,46). The fourth-order valence-electron chi connectivity index (χ4n) is 6.81. The van der Waals surface area contributed by atoms with Gasteiger partial charge < -0.3 is 40.3 Å². The average Bonchev–Trinajstić information content (AvgIpc) is 3.33. The number of hydrogen-bond donors (Lipinski definition) is 3. The molecule has 2 unspecified atom stereocenters. The molecule has 2 aromatic carbocycles. The quantitative estimate of drug-likeness (QED) is 0.311. The number of nitrogens with zero attached hydrogens (tertiary/aromatic N) is 6. The van der Waals surface area contributed by atoms with Crippen LogP contribution in [0.2, 0.25) is 0 Å². The van der Waals surface area contributed by atoms with Gasteiger partial charge in [0.15, 0.2) is 5.82 Å². The lowest BCUT2D eigenvalue weighted by Crippen LogP contribution is -2.54. The number of nitrogen functional groups attached to an aromatic ring is 1. The van der Waals surface area contributed by atoms with Crippen molar-refractivity contribution in [3.05, 3.63) is 54.6 Å². The zero-order chi connectivity index (χ0) is 33.8. The molecule has 3 aliphatic heterocycles. The maximum atomic E-state index is 12.6.